The zero-order chi connectivity index (χ0) is 22.7. The average molecular weight is 441 g/mol. The molecule has 2 nitrogen and oxygen atoms in total. The Hall–Kier alpha value is -1.44. The summed E-state index contributed by atoms with van der Waals surface area (Å²) in [6.07, 6.45) is 30.3. The highest BCUT2D eigenvalue weighted by Crippen LogP contribution is 2.28. The van der Waals surface area contributed by atoms with Crippen molar-refractivity contribution in [1.29, 1.82) is 0 Å². The quantitative estimate of drug-likeness (QED) is 0.186. The maximum atomic E-state index is 2.62. The number of rotatable bonds is 20. The van der Waals surface area contributed by atoms with Gasteiger partial charge in [0.25, 0.3) is 0 Å². The number of hydrogen-bond acceptors (Lipinski definition) is 2. The number of para-hydroxylation sites is 1. The standard InChI is InChI=1S/C30H52N2/c1-3-5-7-9-11-13-14-16-21-25-30-31(26-22-17-15-12-10-8-6-4-2)27-28-32(30)29-23-19-18-20-24-29/h18-20,23-24,27-28,30H,3-17,21-22,25-26H2,1-2H3. The topological polar surface area (TPSA) is 6.48 Å². The first-order valence-electron chi connectivity index (χ1n) is 14.1. The van der Waals surface area contributed by atoms with Gasteiger partial charge in [0.2, 0.25) is 0 Å². The van der Waals surface area contributed by atoms with Gasteiger partial charge >= 0.3 is 0 Å². The average Bonchev–Trinajstić information content (AvgIpc) is 3.23. The first-order valence-corrected chi connectivity index (χ1v) is 14.1. The number of nitrogens with zero attached hydrogens (tertiary/aromatic N) is 2. The van der Waals surface area contributed by atoms with Crippen LogP contribution >= 0.6 is 0 Å². The van der Waals surface area contributed by atoms with Crippen LogP contribution in [0, 0.1) is 0 Å². The fourth-order valence-corrected chi connectivity index (χ4v) is 4.97. The van der Waals surface area contributed by atoms with Gasteiger partial charge in [-0.3, -0.25) is 0 Å². The SMILES string of the molecule is CCCCCCCCCCCC1N(CCCCCCCCCC)C=CN1c1ccccc1. The Labute approximate surface area is 200 Å². The predicted molar refractivity (Wildman–Crippen MR) is 143 cm³/mol. The Bertz CT molecular complexity index is 567. The zero-order valence-corrected chi connectivity index (χ0v) is 21.4. The van der Waals surface area contributed by atoms with Crippen LogP contribution in [0.2, 0.25) is 0 Å². The summed E-state index contributed by atoms with van der Waals surface area (Å²) in [6.45, 7) is 5.80. The van der Waals surface area contributed by atoms with Crippen molar-refractivity contribution in [2.75, 3.05) is 11.4 Å². The second-order valence-corrected chi connectivity index (χ2v) is 9.85. The molecule has 0 aromatic heterocycles. The number of unbranched alkanes of at least 4 members (excludes halogenated alkanes) is 15. The molecule has 2 rings (SSSR count). The Morgan fingerprint density at radius 2 is 1.06 bits per heavy atom. The normalized spacial score (nSPS) is 15.8. The summed E-state index contributed by atoms with van der Waals surface area (Å²) in [6, 6.07) is 11.0. The summed E-state index contributed by atoms with van der Waals surface area (Å²) >= 11 is 0. The van der Waals surface area contributed by atoms with E-state index in [0.717, 1.165) is 0 Å². The summed E-state index contributed by atoms with van der Waals surface area (Å²) in [5.74, 6) is 0. The van der Waals surface area contributed by atoms with E-state index >= 15 is 0 Å². The van der Waals surface area contributed by atoms with Gasteiger partial charge in [-0.05, 0) is 31.4 Å². The first-order chi connectivity index (χ1) is 15.9. The third kappa shape index (κ3) is 10.9. The molecule has 1 atom stereocenters. The van der Waals surface area contributed by atoms with Crippen LogP contribution in [0.25, 0.3) is 0 Å². The lowest BCUT2D eigenvalue weighted by Crippen LogP contribution is -2.39. The minimum absolute atomic E-state index is 0.506. The van der Waals surface area contributed by atoms with Crippen LogP contribution in [0.3, 0.4) is 0 Å². The van der Waals surface area contributed by atoms with Crippen LogP contribution in [0.4, 0.5) is 5.69 Å². The van der Waals surface area contributed by atoms with Crippen molar-refractivity contribution in [3.63, 3.8) is 0 Å². The molecule has 2 heteroatoms. The van der Waals surface area contributed by atoms with Crippen molar-refractivity contribution in [2.24, 2.45) is 0 Å². The van der Waals surface area contributed by atoms with Crippen molar-refractivity contribution in [3.8, 4) is 0 Å². The van der Waals surface area contributed by atoms with Gasteiger partial charge in [-0.2, -0.15) is 0 Å². The van der Waals surface area contributed by atoms with Crippen LogP contribution in [0.5, 0.6) is 0 Å². The van der Waals surface area contributed by atoms with E-state index in [1.807, 2.05) is 0 Å². The molecule has 0 spiro atoms. The third-order valence-electron chi connectivity index (χ3n) is 7.01. The highest BCUT2D eigenvalue weighted by Gasteiger charge is 2.26. The molecule has 0 N–H and O–H groups in total. The fraction of sp³-hybridized carbons (Fsp3) is 0.733. The van der Waals surface area contributed by atoms with Gasteiger partial charge in [-0.15, -0.1) is 0 Å². The molecule has 1 aliphatic rings. The molecular weight excluding hydrogens is 388 g/mol. The second kappa shape index (κ2) is 18.0. The number of hydrogen-bond donors (Lipinski definition) is 0. The Morgan fingerprint density at radius 3 is 1.62 bits per heavy atom. The smallest absolute Gasteiger partial charge is 0.105 e. The number of anilines is 1. The molecule has 0 radical (unpaired) electrons. The van der Waals surface area contributed by atoms with Crippen LogP contribution in [-0.2, 0) is 0 Å². The molecule has 1 unspecified atom stereocenters. The van der Waals surface area contributed by atoms with E-state index in [1.54, 1.807) is 0 Å². The van der Waals surface area contributed by atoms with E-state index in [-0.39, 0.29) is 0 Å². The zero-order valence-electron chi connectivity index (χ0n) is 21.4. The fourth-order valence-electron chi connectivity index (χ4n) is 4.97. The molecule has 0 aliphatic carbocycles. The monoisotopic (exact) mass is 440 g/mol. The Kier molecular flexibility index (Phi) is 15.1. The van der Waals surface area contributed by atoms with Gasteiger partial charge in [0.1, 0.15) is 6.17 Å². The van der Waals surface area contributed by atoms with Crippen molar-refractivity contribution in [1.82, 2.24) is 4.90 Å². The predicted octanol–water partition coefficient (Wildman–Crippen LogP) is 9.67. The van der Waals surface area contributed by atoms with E-state index < -0.39 is 0 Å². The van der Waals surface area contributed by atoms with Gasteiger partial charge in [-0.25, -0.2) is 0 Å². The number of benzene rings is 1. The van der Waals surface area contributed by atoms with Crippen LogP contribution < -0.4 is 4.90 Å². The lowest BCUT2D eigenvalue weighted by atomic mass is 10.1. The molecule has 182 valence electrons. The summed E-state index contributed by atoms with van der Waals surface area (Å²) in [5.41, 5.74) is 1.34. The first kappa shape index (κ1) is 26.8. The summed E-state index contributed by atoms with van der Waals surface area (Å²) in [5, 5.41) is 0. The summed E-state index contributed by atoms with van der Waals surface area (Å²) in [4.78, 5) is 5.13. The van der Waals surface area contributed by atoms with Crippen molar-refractivity contribution < 1.29 is 0 Å². The molecule has 0 fully saturated rings. The second-order valence-electron chi connectivity index (χ2n) is 9.85. The lowest BCUT2D eigenvalue weighted by molar-refractivity contribution is 0.273. The largest absolute Gasteiger partial charge is 0.356 e. The minimum atomic E-state index is 0.506. The van der Waals surface area contributed by atoms with Gasteiger partial charge in [-0.1, -0.05) is 128 Å². The third-order valence-corrected chi connectivity index (χ3v) is 7.01. The van der Waals surface area contributed by atoms with E-state index in [9.17, 15) is 0 Å². The van der Waals surface area contributed by atoms with E-state index in [0.29, 0.717) is 6.17 Å². The molecule has 32 heavy (non-hydrogen) atoms. The molecular formula is C30H52N2. The molecule has 1 aromatic rings. The van der Waals surface area contributed by atoms with E-state index in [1.165, 1.54) is 128 Å². The van der Waals surface area contributed by atoms with Crippen molar-refractivity contribution >= 4 is 5.69 Å². The van der Waals surface area contributed by atoms with Gasteiger partial charge < -0.3 is 9.80 Å². The Balaban J connectivity index is 1.69. The van der Waals surface area contributed by atoms with Gasteiger partial charge in [0, 0.05) is 24.6 Å². The highest BCUT2D eigenvalue weighted by molar-refractivity contribution is 5.51. The highest BCUT2D eigenvalue weighted by atomic mass is 15.4. The summed E-state index contributed by atoms with van der Waals surface area (Å²) < 4.78 is 0. The molecule has 1 aromatic carbocycles. The van der Waals surface area contributed by atoms with Crippen molar-refractivity contribution in [3.05, 3.63) is 42.7 Å². The molecule has 1 aliphatic heterocycles. The Morgan fingerprint density at radius 1 is 0.562 bits per heavy atom. The van der Waals surface area contributed by atoms with Crippen molar-refractivity contribution in [2.45, 2.75) is 136 Å². The maximum Gasteiger partial charge on any atom is 0.105 e. The molecule has 0 bridgehead atoms. The molecule has 0 amide bonds. The van der Waals surface area contributed by atoms with Crippen LogP contribution in [0.1, 0.15) is 129 Å². The van der Waals surface area contributed by atoms with E-state index in [4.69, 9.17) is 0 Å². The van der Waals surface area contributed by atoms with Gasteiger partial charge in [0.05, 0.1) is 0 Å². The van der Waals surface area contributed by atoms with Crippen LogP contribution in [0.15, 0.2) is 42.7 Å². The van der Waals surface area contributed by atoms with Crippen LogP contribution in [-0.4, -0.2) is 17.6 Å². The maximum absolute atomic E-state index is 2.62. The van der Waals surface area contributed by atoms with E-state index in [2.05, 4.69) is 66.4 Å². The molecule has 0 saturated heterocycles. The molecule has 0 saturated carbocycles. The lowest BCUT2D eigenvalue weighted by Gasteiger charge is -2.33. The minimum Gasteiger partial charge on any atom is -0.356 e. The summed E-state index contributed by atoms with van der Waals surface area (Å²) in [7, 11) is 0. The molecule has 1 heterocycles. The van der Waals surface area contributed by atoms with Gasteiger partial charge in [0.15, 0.2) is 0 Å².